The van der Waals surface area contributed by atoms with E-state index in [0.29, 0.717) is 0 Å². The number of benzene rings is 1. The van der Waals surface area contributed by atoms with Gasteiger partial charge < -0.3 is 19.3 Å². The first-order chi connectivity index (χ1) is 12.2. The van der Waals surface area contributed by atoms with Crippen molar-refractivity contribution in [1.82, 2.24) is 14.7 Å². The zero-order valence-electron chi connectivity index (χ0n) is 15.7. The lowest BCUT2D eigenvalue weighted by molar-refractivity contribution is -0.119. The zero-order chi connectivity index (χ0) is 18.1. The van der Waals surface area contributed by atoms with Gasteiger partial charge in [0, 0.05) is 32.7 Å². The molecule has 0 bridgehead atoms. The maximum atomic E-state index is 10.7. The van der Waals surface area contributed by atoms with Gasteiger partial charge in [-0.15, -0.1) is 0 Å². The van der Waals surface area contributed by atoms with Crippen LogP contribution in [-0.2, 0) is 11.2 Å². The van der Waals surface area contributed by atoms with Gasteiger partial charge in [-0.3, -0.25) is 9.69 Å². The number of hydrogen-bond donors (Lipinski definition) is 0. The van der Waals surface area contributed by atoms with Gasteiger partial charge in [-0.2, -0.15) is 0 Å². The Bertz CT molecular complexity index is 531. The second-order valence-corrected chi connectivity index (χ2v) is 6.58. The van der Waals surface area contributed by atoms with E-state index in [2.05, 4.69) is 29.0 Å². The van der Waals surface area contributed by atoms with Crippen molar-refractivity contribution < 1.29 is 14.3 Å². The molecule has 2 rings (SSSR count). The second kappa shape index (κ2) is 10.3. The number of hydrogen-bond acceptors (Lipinski definition) is 5. The molecule has 1 aliphatic rings. The molecule has 0 atom stereocenters. The summed E-state index contributed by atoms with van der Waals surface area (Å²) in [7, 11) is 5.50. The topological polar surface area (TPSA) is 45.2 Å². The van der Waals surface area contributed by atoms with Crippen molar-refractivity contribution >= 4 is 6.41 Å². The van der Waals surface area contributed by atoms with Crippen LogP contribution in [0.15, 0.2) is 18.2 Å². The largest absolute Gasteiger partial charge is 0.493 e. The van der Waals surface area contributed by atoms with Crippen molar-refractivity contribution in [2.45, 2.75) is 12.8 Å². The summed E-state index contributed by atoms with van der Waals surface area (Å²) < 4.78 is 10.6. The summed E-state index contributed by atoms with van der Waals surface area (Å²) in [6, 6.07) is 6.12. The fourth-order valence-corrected chi connectivity index (χ4v) is 3.12. The van der Waals surface area contributed by atoms with Crippen LogP contribution in [0.5, 0.6) is 11.5 Å². The molecule has 1 aromatic carbocycles. The highest BCUT2D eigenvalue weighted by Gasteiger charge is 2.14. The minimum Gasteiger partial charge on any atom is -0.493 e. The standard InChI is InChI=1S/C19H31N3O3/c1-20(8-4-9-21-11-13-22(16-23)14-12-21)10-7-17-5-6-18(24-2)19(15-17)25-3/h5-6,15-16H,4,7-14H2,1-3H3. The summed E-state index contributed by atoms with van der Waals surface area (Å²) >= 11 is 0. The predicted octanol–water partition coefficient (Wildman–Crippen LogP) is 1.34. The van der Waals surface area contributed by atoms with E-state index in [1.807, 2.05) is 11.0 Å². The molecule has 1 heterocycles. The van der Waals surface area contributed by atoms with Gasteiger partial charge in [-0.25, -0.2) is 0 Å². The molecule has 1 saturated heterocycles. The number of piperazine rings is 1. The highest BCUT2D eigenvalue weighted by atomic mass is 16.5. The van der Waals surface area contributed by atoms with Crippen LogP contribution < -0.4 is 9.47 Å². The third kappa shape index (κ3) is 6.21. The molecule has 0 aromatic heterocycles. The summed E-state index contributed by atoms with van der Waals surface area (Å²) in [5.74, 6) is 1.56. The van der Waals surface area contributed by atoms with Gasteiger partial charge in [0.05, 0.1) is 14.2 Å². The molecular formula is C19H31N3O3. The molecule has 0 aliphatic carbocycles. The molecule has 6 nitrogen and oxygen atoms in total. The van der Waals surface area contributed by atoms with Crippen molar-refractivity contribution in [2.75, 3.05) is 67.1 Å². The summed E-state index contributed by atoms with van der Waals surface area (Å²) in [6.45, 7) is 6.92. The zero-order valence-corrected chi connectivity index (χ0v) is 15.7. The van der Waals surface area contributed by atoms with Crippen molar-refractivity contribution in [3.8, 4) is 11.5 Å². The fourth-order valence-electron chi connectivity index (χ4n) is 3.12. The molecule has 25 heavy (non-hydrogen) atoms. The van der Waals surface area contributed by atoms with Crippen LogP contribution >= 0.6 is 0 Å². The minimum atomic E-state index is 0.772. The number of carbonyl (C=O) groups is 1. The average Bonchev–Trinajstić information content (AvgIpc) is 2.66. The Morgan fingerprint density at radius 3 is 2.44 bits per heavy atom. The quantitative estimate of drug-likeness (QED) is 0.597. The molecule has 1 aromatic rings. The average molecular weight is 349 g/mol. The summed E-state index contributed by atoms with van der Waals surface area (Å²) in [4.78, 5) is 17.4. The molecule has 140 valence electrons. The molecule has 0 radical (unpaired) electrons. The van der Waals surface area contributed by atoms with Crippen LogP contribution in [0.4, 0.5) is 0 Å². The number of nitrogens with zero attached hydrogens (tertiary/aromatic N) is 3. The van der Waals surface area contributed by atoms with E-state index in [1.54, 1.807) is 14.2 Å². The Labute approximate surface area is 151 Å². The second-order valence-electron chi connectivity index (χ2n) is 6.58. The van der Waals surface area contributed by atoms with Gasteiger partial charge in [0.25, 0.3) is 0 Å². The van der Waals surface area contributed by atoms with Gasteiger partial charge in [0.15, 0.2) is 11.5 Å². The Hall–Kier alpha value is -1.79. The summed E-state index contributed by atoms with van der Waals surface area (Å²) in [5, 5.41) is 0. The lowest BCUT2D eigenvalue weighted by atomic mass is 10.1. The van der Waals surface area contributed by atoms with Crippen molar-refractivity contribution in [1.29, 1.82) is 0 Å². The molecule has 0 N–H and O–H groups in total. The highest BCUT2D eigenvalue weighted by molar-refractivity contribution is 5.47. The van der Waals surface area contributed by atoms with E-state index >= 15 is 0 Å². The molecule has 0 spiro atoms. The van der Waals surface area contributed by atoms with Crippen LogP contribution in [-0.4, -0.2) is 88.2 Å². The first-order valence-corrected chi connectivity index (χ1v) is 8.97. The Morgan fingerprint density at radius 2 is 1.80 bits per heavy atom. The summed E-state index contributed by atoms with van der Waals surface area (Å²) in [5.41, 5.74) is 1.26. The predicted molar refractivity (Wildman–Crippen MR) is 99.4 cm³/mol. The normalized spacial score (nSPS) is 15.4. The molecule has 0 saturated carbocycles. The number of rotatable bonds is 10. The van der Waals surface area contributed by atoms with E-state index in [4.69, 9.17) is 9.47 Å². The van der Waals surface area contributed by atoms with Gasteiger partial charge in [-0.1, -0.05) is 6.07 Å². The maximum Gasteiger partial charge on any atom is 0.209 e. The van der Waals surface area contributed by atoms with Gasteiger partial charge in [0.2, 0.25) is 6.41 Å². The van der Waals surface area contributed by atoms with Crippen LogP contribution in [0.3, 0.4) is 0 Å². The monoisotopic (exact) mass is 349 g/mol. The number of likely N-dealkylation sites (N-methyl/N-ethyl adjacent to an activating group) is 1. The van der Waals surface area contributed by atoms with Gasteiger partial charge >= 0.3 is 0 Å². The lowest BCUT2D eigenvalue weighted by Crippen LogP contribution is -2.46. The molecule has 1 aliphatic heterocycles. The van der Waals surface area contributed by atoms with E-state index < -0.39 is 0 Å². The lowest BCUT2D eigenvalue weighted by Gasteiger charge is -2.32. The first kappa shape index (κ1) is 19.5. The van der Waals surface area contributed by atoms with Crippen molar-refractivity contribution in [3.05, 3.63) is 23.8 Å². The SMILES string of the molecule is COc1ccc(CCN(C)CCCN2CCN(C=O)CC2)cc1OC. The third-order valence-corrected chi connectivity index (χ3v) is 4.80. The molecular weight excluding hydrogens is 318 g/mol. The van der Waals surface area contributed by atoms with Gasteiger partial charge in [0.1, 0.15) is 0 Å². The fraction of sp³-hybridized carbons (Fsp3) is 0.632. The van der Waals surface area contributed by atoms with Crippen LogP contribution in [0, 0.1) is 0 Å². The van der Waals surface area contributed by atoms with E-state index in [0.717, 1.165) is 76.6 Å². The Morgan fingerprint density at radius 1 is 1.08 bits per heavy atom. The van der Waals surface area contributed by atoms with Crippen LogP contribution in [0.1, 0.15) is 12.0 Å². The van der Waals surface area contributed by atoms with Crippen molar-refractivity contribution in [2.24, 2.45) is 0 Å². The minimum absolute atomic E-state index is 0.772. The molecule has 0 unspecified atom stereocenters. The van der Waals surface area contributed by atoms with Crippen LogP contribution in [0.2, 0.25) is 0 Å². The summed E-state index contributed by atoms with van der Waals surface area (Å²) in [6.07, 6.45) is 3.11. The third-order valence-electron chi connectivity index (χ3n) is 4.80. The smallest absolute Gasteiger partial charge is 0.209 e. The number of ether oxygens (including phenoxy) is 2. The number of methoxy groups -OCH3 is 2. The maximum absolute atomic E-state index is 10.7. The van der Waals surface area contributed by atoms with Gasteiger partial charge in [-0.05, 0) is 50.7 Å². The Balaban J connectivity index is 1.65. The first-order valence-electron chi connectivity index (χ1n) is 8.97. The molecule has 1 fully saturated rings. The van der Waals surface area contributed by atoms with E-state index in [-0.39, 0.29) is 0 Å². The molecule has 6 heteroatoms. The van der Waals surface area contributed by atoms with E-state index in [9.17, 15) is 4.79 Å². The number of carbonyl (C=O) groups excluding carboxylic acids is 1. The molecule has 1 amide bonds. The van der Waals surface area contributed by atoms with E-state index in [1.165, 1.54) is 5.56 Å². The number of amides is 1. The highest BCUT2D eigenvalue weighted by Crippen LogP contribution is 2.27. The van der Waals surface area contributed by atoms with Crippen LogP contribution in [0.25, 0.3) is 0 Å². The Kier molecular flexibility index (Phi) is 8.01. The van der Waals surface area contributed by atoms with Crippen molar-refractivity contribution in [3.63, 3.8) is 0 Å².